The van der Waals surface area contributed by atoms with Crippen LogP contribution in [0.4, 0.5) is 0 Å². The number of hydrogen-bond acceptors (Lipinski definition) is 2. The second-order valence-corrected chi connectivity index (χ2v) is 5.71. The lowest BCUT2D eigenvalue weighted by Gasteiger charge is -2.31. The van der Waals surface area contributed by atoms with Crippen molar-refractivity contribution >= 4 is 0 Å². The maximum Gasteiger partial charge on any atom is 0.118 e. The fourth-order valence-corrected chi connectivity index (χ4v) is 2.97. The number of methoxy groups -OCH3 is 1. The molecule has 2 rings (SSSR count). The molecular formula is C15H22O2. The van der Waals surface area contributed by atoms with Crippen LogP contribution in [0.1, 0.15) is 44.8 Å². The standard InChI is InChI=1S/C15H22O2/c1-15(2)10-4-5-13(15)14(16)11-6-8-12(17-3)9-7-11/h6-9,13-14,16H,4-5,10H2,1-3H3. The van der Waals surface area contributed by atoms with Gasteiger partial charge in [0.05, 0.1) is 13.2 Å². The van der Waals surface area contributed by atoms with Gasteiger partial charge in [0.25, 0.3) is 0 Å². The lowest BCUT2D eigenvalue weighted by Crippen LogP contribution is -2.24. The molecule has 0 bridgehead atoms. The monoisotopic (exact) mass is 234 g/mol. The van der Waals surface area contributed by atoms with Crippen LogP contribution in [0.2, 0.25) is 0 Å². The molecule has 1 N–H and O–H groups in total. The molecule has 2 nitrogen and oxygen atoms in total. The highest BCUT2D eigenvalue weighted by atomic mass is 16.5. The van der Waals surface area contributed by atoms with Crippen LogP contribution < -0.4 is 4.74 Å². The summed E-state index contributed by atoms with van der Waals surface area (Å²) in [6.45, 7) is 4.52. The van der Waals surface area contributed by atoms with Gasteiger partial charge < -0.3 is 9.84 Å². The Bertz CT molecular complexity index is 367. The number of aliphatic hydroxyl groups is 1. The predicted octanol–water partition coefficient (Wildman–Crippen LogP) is 3.55. The van der Waals surface area contributed by atoms with Crippen molar-refractivity contribution in [2.75, 3.05) is 7.11 Å². The fraction of sp³-hybridized carbons (Fsp3) is 0.600. The normalized spacial score (nSPS) is 24.6. The molecule has 0 aromatic heterocycles. The van der Waals surface area contributed by atoms with Crippen molar-refractivity contribution in [1.82, 2.24) is 0 Å². The summed E-state index contributed by atoms with van der Waals surface area (Å²) in [4.78, 5) is 0. The van der Waals surface area contributed by atoms with Crippen LogP contribution in [0.15, 0.2) is 24.3 Å². The van der Waals surface area contributed by atoms with E-state index >= 15 is 0 Å². The van der Waals surface area contributed by atoms with E-state index in [1.165, 1.54) is 12.8 Å². The van der Waals surface area contributed by atoms with Crippen LogP contribution in [-0.2, 0) is 0 Å². The first-order chi connectivity index (χ1) is 8.04. The summed E-state index contributed by atoms with van der Waals surface area (Å²) < 4.78 is 5.13. The molecule has 0 radical (unpaired) electrons. The van der Waals surface area contributed by atoms with Gasteiger partial charge in [-0.05, 0) is 41.9 Å². The molecule has 2 unspecified atom stereocenters. The van der Waals surface area contributed by atoms with Gasteiger partial charge in [-0.1, -0.05) is 32.4 Å². The third kappa shape index (κ3) is 2.47. The van der Waals surface area contributed by atoms with Crippen molar-refractivity contribution in [3.8, 4) is 5.75 Å². The molecule has 1 aliphatic carbocycles. The fourth-order valence-electron chi connectivity index (χ4n) is 2.97. The zero-order chi connectivity index (χ0) is 12.5. The minimum atomic E-state index is -0.349. The molecule has 0 heterocycles. The van der Waals surface area contributed by atoms with E-state index in [4.69, 9.17) is 4.74 Å². The molecule has 2 atom stereocenters. The van der Waals surface area contributed by atoms with E-state index in [1.807, 2.05) is 24.3 Å². The molecule has 94 valence electrons. The van der Waals surface area contributed by atoms with Crippen molar-refractivity contribution in [2.45, 2.75) is 39.2 Å². The van der Waals surface area contributed by atoms with Crippen LogP contribution >= 0.6 is 0 Å². The van der Waals surface area contributed by atoms with Crippen molar-refractivity contribution in [1.29, 1.82) is 0 Å². The number of hydrogen-bond donors (Lipinski definition) is 1. The number of aliphatic hydroxyl groups excluding tert-OH is 1. The summed E-state index contributed by atoms with van der Waals surface area (Å²) in [5.41, 5.74) is 1.25. The molecular weight excluding hydrogens is 212 g/mol. The summed E-state index contributed by atoms with van der Waals surface area (Å²) in [5.74, 6) is 1.21. The second-order valence-electron chi connectivity index (χ2n) is 5.71. The minimum absolute atomic E-state index is 0.249. The first kappa shape index (κ1) is 12.4. The van der Waals surface area contributed by atoms with Crippen molar-refractivity contribution in [2.24, 2.45) is 11.3 Å². The Labute approximate surface area is 104 Å². The number of benzene rings is 1. The molecule has 1 saturated carbocycles. The molecule has 0 spiro atoms. The highest BCUT2D eigenvalue weighted by molar-refractivity contribution is 5.29. The lowest BCUT2D eigenvalue weighted by molar-refractivity contribution is 0.0531. The molecule has 0 saturated heterocycles. The van der Waals surface area contributed by atoms with Gasteiger partial charge in [-0.2, -0.15) is 0 Å². The molecule has 1 aromatic carbocycles. The highest BCUT2D eigenvalue weighted by Crippen LogP contribution is 2.48. The Kier molecular flexibility index (Phi) is 3.43. The van der Waals surface area contributed by atoms with Crippen molar-refractivity contribution in [3.05, 3.63) is 29.8 Å². The Morgan fingerprint density at radius 2 is 1.94 bits per heavy atom. The van der Waals surface area contributed by atoms with Gasteiger partial charge in [0, 0.05) is 0 Å². The third-order valence-electron chi connectivity index (χ3n) is 4.18. The highest BCUT2D eigenvalue weighted by Gasteiger charge is 2.39. The molecule has 0 aliphatic heterocycles. The zero-order valence-electron chi connectivity index (χ0n) is 10.9. The topological polar surface area (TPSA) is 29.5 Å². The summed E-state index contributed by atoms with van der Waals surface area (Å²) in [7, 11) is 1.66. The Morgan fingerprint density at radius 1 is 1.29 bits per heavy atom. The average molecular weight is 234 g/mol. The van der Waals surface area contributed by atoms with E-state index in [0.717, 1.165) is 17.7 Å². The van der Waals surface area contributed by atoms with Gasteiger partial charge in [-0.3, -0.25) is 0 Å². The van der Waals surface area contributed by atoms with Crippen LogP contribution in [0, 0.1) is 11.3 Å². The van der Waals surface area contributed by atoms with E-state index in [9.17, 15) is 5.11 Å². The maximum absolute atomic E-state index is 10.5. The predicted molar refractivity (Wildman–Crippen MR) is 69.1 cm³/mol. The zero-order valence-corrected chi connectivity index (χ0v) is 10.9. The average Bonchev–Trinajstić information content (AvgIpc) is 2.68. The Hall–Kier alpha value is -1.02. The molecule has 17 heavy (non-hydrogen) atoms. The van der Waals surface area contributed by atoms with Crippen LogP contribution in [0.5, 0.6) is 5.75 Å². The van der Waals surface area contributed by atoms with Gasteiger partial charge in [-0.25, -0.2) is 0 Å². The maximum atomic E-state index is 10.5. The minimum Gasteiger partial charge on any atom is -0.497 e. The number of ether oxygens (including phenoxy) is 1. The van der Waals surface area contributed by atoms with E-state index in [1.54, 1.807) is 7.11 Å². The summed E-state index contributed by atoms with van der Waals surface area (Å²) in [6.07, 6.45) is 3.22. The molecule has 2 heteroatoms. The van der Waals surface area contributed by atoms with Gasteiger partial charge in [-0.15, -0.1) is 0 Å². The van der Waals surface area contributed by atoms with Crippen molar-refractivity contribution in [3.63, 3.8) is 0 Å². The van der Waals surface area contributed by atoms with Crippen LogP contribution in [0.25, 0.3) is 0 Å². The first-order valence-electron chi connectivity index (χ1n) is 6.36. The van der Waals surface area contributed by atoms with Gasteiger partial charge in [0.15, 0.2) is 0 Å². The Morgan fingerprint density at radius 3 is 2.41 bits per heavy atom. The van der Waals surface area contributed by atoms with Crippen molar-refractivity contribution < 1.29 is 9.84 Å². The van der Waals surface area contributed by atoms with E-state index in [2.05, 4.69) is 13.8 Å². The van der Waals surface area contributed by atoms with Gasteiger partial charge >= 0.3 is 0 Å². The van der Waals surface area contributed by atoms with Gasteiger partial charge in [0.2, 0.25) is 0 Å². The molecule has 0 amide bonds. The Balaban J connectivity index is 2.16. The van der Waals surface area contributed by atoms with Crippen LogP contribution in [-0.4, -0.2) is 12.2 Å². The first-order valence-corrected chi connectivity index (χ1v) is 6.36. The largest absolute Gasteiger partial charge is 0.497 e. The quantitative estimate of drug-likeness (QED) is 0.866. The summed E-state index contributed by atoms with van der Waals surface area (Å²) in [6, 6.07) is 7.77. The van der Waals surface area contributed by atoms with E-state index < -0.39 is 0 Å². The molecule has 1 aliphatic rings. The SMILES string of the molecule is COc1ccc(C(O)C2CCCC2(C)C)cc1. The lowest BCUT2D eigenvalue weighted by atomic mass is 9.77. The van der Waals surface area contributed by atoms with Gasteiger partial charge in [0.1, 0.15) is 5.75 Å². The second kappa shape index (κ2) is 4.69. The number of rotatable bonds is 3. The van der Waals surface area contributed by atoms with E-state index in [-0.39, 0.29) is 11.5 Å². The smallest absolute Gasteiger partial charge is 0.118 e. The third-order valence-corrected chi connectivity index (χ3v) is 4.18. The molecule has 1 fully saturated rings. The molecule has 1 aromatic rings. The summed E-state index contributed by atoms with van der Waals surface area (Å²) in [5, 5.41) is 10.5. The van der Waals surface area contributed by atoms with Crippen LogP contribution in [0.3, 0.4) is 0 Å². The summed E-state index contributed by atoms with van der Waals surface area (Å²) >= 11 is 0. The van der Waals surface area contributed by atoms with E-state index in [0.29, 0.717) is 5.92 Å².